The highest BCUT2D eigenvalue weighted by molar-refractivity contribution is 5.86. The number of fused-ring (bicyclic) bond motifs is 1. The van der Waals surface area contributed by atoms with E-state index in [0.717, 1.165) is 12.2 Å². The van der Waals surface area contributed by atoms with Crippen molar-refractivity contribution in [2.24, 2.45) is 0 Å². The molecule has 1 aliphatic rings. The van der Waals surface area contributed by atoms with Crippen molar-refractivity contribution in [3.8, 4) is 0 Å². The van der Waals surface area contributed by atoms with E-state index in [-0.39, 0.29) is 0 Å². The first-order valence-corrected chi connectivity index (χ1v) is 6.33. The third kappa shape index (κ3) is 2.13. The van der Waals surface area contributed by atoms with Gasteiger partial charge in [0, 0.05) is 18.3 Å². The smallest absolute Gasteiger partial charge is 0.0366 e. The zero-order chi connectivity index (χ0) is 11.7. The lowest BCUT2D eigenvalue weighted by Gasteiger charge is -2.26. The molecule has 0 aromatic heterocycles. The Balaban J connectivity index is 1.84. The molecule has 0 spiro atoms. The quantitative estimate of drug-likeness (QED) is 0.789. The first kappa shape index (κ1) is 10.6. The number of hydrogen-bond acceptors (Lipinski definition) is 2. The Labute approximate surface area is 102 Å². The predicted molar refractivity (Wildman–Crippen MR) is 72.8 cm³/mol. The summed E-state index contributed by atoms with van der Waals surface area (Å²) >= 11 is 0. The molecule has 17 heavy (non-hydrogen) atoms. The van der Waals surface area contributed by atoms with Gasteiger partial charge in [-0.25, -0.2) is 0 Å². The SMILES string of the molecule is Nc1cc2ccccc2cc1CNC1CCC1. The van der Waals surface area contributed by atoms with Crippen LogP contribution in [0.1, 0.15) is 24.8 Å². The van der Waals surface area contributed by atoms with Gasteiger partial charge < -0.3 is 11.1 Å². The molecule has 3 N–H and O–H groups in total. The van der Waals surface area contributed by atoms with Crippen LogP contribution in [0.5, 0.6) is 0 Å². The number of hydrogen-bond donors (Lipinski definition) is 2. The maximum atomic E-state index is 6.09. The Hall–Kier alpha value is -1.54. The maximum absolute atomic E-state index is 6.09. The molecule has 2 nitrogen and oxygen atoms in total. The van der Waals surface area contributed by atoms with E-state index < -0.39 is 0 Å². The van der Waals surface area contributed by atoms with Crippen molar-refractivity contribution in [1.29, 1.82) is 0 Å². The molecule has 0 bridgehead atoms. The Bertz CT molecular complexity index is 529. The van der Waals surface area contributed by atoms with Gasteiger partial charge in [0.05, 0.1) is 0 Å². The number of rotatable bonds is 3. The maximum Gasteiger partial charge on any atom is 0.0366 e. The highest BCUT2D eigenvalue weighted by atomic mass is 14.9. The number of benzene rings is 2. The molecule has 1 aliphatic carbocycles. The van der Waals surface area contributed by atoms with Crippen molar-refractivity contribution in [3.63, 3.8) is 0 Å². The lowest BCUT2D eigenvalue weighted by atomic mass is 9.93. The second-order valence-electron chi connectivity index (χ2n) is 4.91. The molecule has 88 valence electrons. The minimum atomic E-state index is 0.709. The van der Waals surface area contributed by atoms with Crippen molar-refractivity contribution in [2.75, 3.05) is 5.73 Å². The molecule has 3 rings (SSSR count). The van der Waals surface area contributed by atoms with Crippen LogP contribution in [0.25, 0.3) is 10.8 Å². The Morgan fingerprint density at radius 1 is 1.12 bits per heavy atom. The second kappa shape index (κ2) is 4.38. The summed E-state index contributed by atoms with van der Waals surface area (Å²) in [6.07, 6.45) is 3.99. The predicted octanol–water partition coefficient (Wildman–Crippen LogP) is 3.06. The molecule has 0 radical (unpaired) electrons. The summed E-state index contributed by atoms with van der Waals surface area (Å²) in [4.78, 5) is 0. The van der Waals surface area contributed by atoms with Crippen LogP contribution in [0.2, 0.25) is 0 Å². The van der Waals surface area contributed by atoms with Gasteiger partial charge in [0.2, 0.25) is 0 Å². The first-order valence-electron chi connectivity index (χ1n) is 6.33. The fraction of sp³-hybridized carbons (Fsp3) is 0.333. The van der Waals surface area contributed by atoms with Crippen LogP contribution < -0.4 is 11.1 Å². The Kier molecular flexibility index (Phi) is 2.73. The third-order valence-electron chi connectivity index (χ3n) is 3.69. The van der Waals surface area contributed by atoms with Gasteiger partial charge in [-0.2, -0.15) is 0 Å². The molecule has 0 heterocycles. The van der Waals surface area contributed by atoms with E-state index in [1.165, 1.54) is 35.6 Å². The minimum absolute atomic E-state index is 0.709. The van der Waals surface area contributed by atoms with Crippen LogP contribution in [0.4, 0.5) is 5.69 Å². The summed E-state index contributed by atoms with van der Waals surface area (Å²) in [6.45, 7) is 0.890. The summed E-state index contributed by atoms with van der Waals surface area (Å²) in [7, 11) is 0. The van der Waals surface area contributed by atoms with E-state index in [1.54, 1.807) is 0 Å². The molecule has 2 heteroatoms. The molecule has 1 fully saturated rings. The molecule has 0 unspecified atom stereocenters. The first-order chi connectivity index (χ1) is 8.33. The van der Waals surface area contributed by atoms with Gasteiger partial charge in [0.15, 0.2) is 0 Å². The molecular weight excluding hydrogens is 208 g/mol. The van der Waals surface area contributed by atoms with Gasteiger partial charge in [-0.1, -0.05) is 30.7 Å². The fourth-order valence-corrected chi connectivity index (χ4v) is 2.32. The summed E-state index contributed by atoms with van der Waals surface area (Å²) < 4.78 is 0. The summed E-state index contributed by atoms with van der Waals surface area (Å²) in [5.41, 5.74) is 8.21. The number of nitrogens with two attached hydrogens (primary N) is 1. The number of anilines is 1. The van der Waals surface area contributed by atoms with Crippen molar-refractivity contribution in [1.82, 2.24) is 5.32 Å². The van der Waals surface area contributed by atoms with Gasteiger partial charge in [-0.3, -0.25) is 0 Å². The van der Waals surface area contributed by atoms with E-state index in [0.29, 0.717) is 6.04 Å². The summed E-state index contributed by atoms with van der Waals surface area (Å²) in [6, 6.07) is 13.4. The number of nitrogen functional groups attached to an aromatic ring is 1. The zero-order valence-corrected chi connectivity index (χ0v) is 9.95. The Morgan fingerprint density at radius 2 is 1.82 bits per heavy atom. The molecule has 0 atom stereocenters. The average Bonchev–Trinajstić information content (AvgIpc) is 2.27. The largest absolute Gasteiger partial charge is 0.398 e. The molecular formula is C15H18N2. The summed E-state index contributed by atoms with van der Waals surface area (Å²) in [5.74, 6) is 0. The van der Waals surface area contributed by atoms with Crippen molar-refractivity contribution >= 4 is 16.5 Å². The van der Waals surface area contributed by atoms with Crippen LogP contribution in [0, 0.1) is 0 Å². The molecule has 0 aliphatic heterocycles. The minimum Gasteiger partial charge on any atom is -0.398 e. The van der Waals surface area contributed by atoms with Crippen LogP contribution in [0.15, 0.2) is 36.4 Å². The van der Waals surface area contributed by atoms with Gasteiger partial charge in [-0.05, 0) is 41.3 Å². The molecule has 2 aromatic carbocycles. The normalized spacial score (nSPS) is 16.0. The van der Waals surface area contributed by atoms with Crippen molar-refractivity contribution < 1.29 is 0 Å². The monoisotopic (exact) mass is 226 g/mol. The highest BCUT2D eigenvalue weighted by Gasteiger charge is 2.16. The molecule has 2 aromatic rings. The van der Waals surface area contributed by atoms with Gasteiger partial charge >= 0.3 is 0 Å². The van der Waals surface area contributed by atoms with Crippen molar-refractivity contribution in [2.45, 2.75) is 31.8 Å². The average molecular weight is 226 g/mol. The molecule has 1 saturated carbocycles. The number of nitrogens with one attached hydrogen (secondary N) is 1. The lowest BCUT2D eigenvalue weighted by molar-refractivity contribution is 0.338. The van der Waals surface area contributed by atoms with Crippen molar-refractivity contribution in [3.05, 3.63) is 42.0 Å². The van der Waals surface area contributed by atoms with Crippen LogP contribution >= 0.6 is 0 Å². The zero-order valence-electron chi connectivity index (χ0n) is 9.95. The van der Waals surface area contributed by atoms with Crippen LogP contribution in [-0.4, -0.2) is 6.04 Å². The van der Waals surface area contributed by atoms with Gasteiger partial charge in [0.1, 0.15) is 0 Å². The van der Waals surface area contributed by atoms with E-state index in [9.17, 15) is 0 Å². The second-order valence-corrected chi connectivity index (χ2v) is 4.91. The highest BCUT2D eigenvalue weighted by Crippen LogP contribution is 2.23. The van der Waals surface area contributed by atoms with E-state index in [1.807, 2.05) is 6.07 Å². The van der Waals surface area contributed by atoms with Gasteiger partial charge in [-0.15, -0.1) is 0 Å². The summed E-state index contributed by atoms with van der Waals surface area (Å²) in [5, 5.41) is 6.05. The van der Waals surface area contributed by atoms with Gasteiger partial charge in [0.25, 0.3) is 0 Å². The molecule has 0 saturated heterocycles. The van der Waals surface area contributed by atoms with E-state index >= 15 is 0 Å². The standard InChI is InChI=1S/C15H18N2/c16-15-9-12-5-2-1-4-11(12)8-13(15)10-17-14-6-3-7-14/h1-2,4-5,8-9,14,17H,3,6-7,10,16H2. The lowest BCUT2D eigenvalue weighted by Crippen LogP contribution is -2.34. The van der Waals surface area contributed by atoms with Crippen LogP contribution in [-0.2, 0) is 6.54 Å². The molecule has 0 amide bonds. The van der Waals surface area contributed by atoms with Crippen LogP contribution in [0.3, 0.4) is 0 Å². The topological polar surface area (TPSA) is 38.0 Å². The third-order valence-corrected chi connectivity index (χ3v) is 3.69. The Morgan fingerprint density at radius 3 is 2.47 bits per heavy atom. The fourth-order valence-electron chi connectivity index (χ4n) is 2.32. The van der Waals surface area contributed by atoms with E-state index in [2.05, 4.69) is 35.6 Å². The van der Waals surface area contributed by atoms with E-state index in [4.69, 9.17) is 5.73 Å².